The number of anilines is 1. The summed E-state index contributed by atoms with van der Waals surface area (Å²) >= 11 is 3.51. The van der Waals surface area contributed by atoms with Gasteiger partial charge < -0.3 is 10.2 Å². The number of fused-ring (bicyclic) bond motifs is 1. The minimum atomic E-state index is 0.0234. The van der Waals surface area contributed by atoms with E-state index in [1.807, 2.05) is 24.3 Å². The maximum Gasteiger partial charge on any atom is 0.252 e. The number of aryl methyl sites for hydroxylation is 2. The van der Waals surface area contributed by atoms with Crippen LogP contribution in [0.5, 0.6) is 0 Å². The van der Waals surface area contributed by atoms with Gasteiger partial charge in [-0.25, -0.2) is 4.98 Å². The molecular formula is C24H30N4OS2. The quantitative estimate of drug-likeness (QED) is 0.530. The Bertz CT molecular complexity index is 1060. The van der Waals surface area contributed by atoms with Crippen LogP contribution in [0.15, 0.2) is 41.3 Å². The highest BCUT2D eigenvalue weighted by atomic mass is 32.2. The maximum atomic E-state index is 12.6. The predicted octanol–water partition coefficient (Wildman–Crippen LogP) is 4.58. The lowest BCUT2D eigenvalue weighted by Gasteiger charge is -2.34. The largest absolute Gasteiger partial charge is 0.351 e. The highest BCUT2D eigenvalue weighted by Gasteiger charge is 2.20. The number of hydrogen-bond acceptors (Lipinski definition) is 6. The first-order valence-electron chi connectivity index (χ1n) is 10.9. The second-order valence-corrected chi connectivity index (χ2v) is 10.2. The number of rotatable bonds is 7. The van der Waals surface area contributed by atoms with E-state index in [1.54, 1.807) is 23.1 Å². The fourth-order valence-electron chi connectivity index (χ4n) is 4.02. The Hall–Kier alpha value is -2.09. The number of piperazine rings is 1. The van der Waals surface area contributed by atoms with Crippen molar-refractivity contribution in [3.05, 3.63) is 53.1 Å². The topological polar surface area (TPSA) is 48.5 Å². The third-order valence-corrected chi connectivity index (χ3v) is 7.82. The molecule has 0 saturated carbocycles. The Balaban J connectivity index is 1.27. The number of carbonyl (C=O) groups excluding carboxylic acids is 1. The Morgan fingerprint density at radius 2 is 1.94 bits per heavy atom. The van der Waals surface area contributed by atoms with Crippen LogP contribution in [0.2, 0.25) is 0 Å². The molecule has 1 saturated heterocycles. The number of nitrogens with one attached hydrogen (secondary N) is 1. The average molecular weight is 455 g/mol. The third kappa shape index (κ3) is 5.22. The van der Waals surface area contributed by atoms with Crippen LogP contribution in [0.4, 0.5) is 5.13 Å². The van der Waals surface area contributed by atoms with Gasteiger partial charge >= 0.3 is 0 Å². The molecule has 4 rings (SSSR count). The van der Waals surface area contributed by atoms with Gasteiger partial charge in [-0.15, -0.1) is 11.8 Å². The second-order valence-electron chi connectivity index (χ2n) is 7.94. The van der Waals surface area contributed by atoms with Crippen molar-refractivity contribution in [2.45, 2.75) is 25.7 Å². The molecule has 7 heteroatoms. The molecule has 0 radical (unpaired) electrons. The van der Waals surface area contributed by atoms with Gasteiger partial charge in [0.25, 0.3) is 5.91 Å². The van der Waals surface area contributed by atoms with Crippen LogP contribution >= 0.6 is 23.1 Å². The Morgan fingerprint density at radius 1 is 1.16 bits per heavy atom. The van der Waals surface area contributed by atoms with E-state index in [0.717, 1.165) is 59.6 Å². The molecule has 5 nitrogen and oxygen atoms in total. The summed E-state index contributed by atoms with van der Waals surface area (Å²) in [5, 5.41) is 4.23. The summed E-state index contributed by atoms with van der Waals surface area (Å²) in [6.45, 7) is 11.9. The molecule has 0 spiro atoms. The summed E-state index contributed by atoms with van der Waals surface area (Å²) in [6, 6.07) is 12.3. The van der Waals surface area contributed by atoms with Crippen LogP contribution in [0.3, 0.4) is 0 Å². The lowest BCUT2D eigenvalue weighted by Crippen LogP contribution is -2.48. The zero-order valence-corrected chi connectivity index (χ0v) is 20.1. The molecule has 1 aliphatic heterocycles. The highest BCUT2D eigenvalue weighted by molar-refractivity contribution is 7.99. The first kappa shape index (κ1) is 22.1. The molecule has 3 aromatic rings. The van der Waals surface area contributed by atoms with Crippen molar-refractivity contribution >= 4 is 44.4 Å². The van der Waals surface area contributed by atoms with Crippen molar-refractivity contribution < 1.29 is 4.79 Å². The van der Waals surface area contributed by atoms with Crippen molar-refractivity contribution in [3.8, 4) is 0 Å². The molecule has 2 aromatic carbocycles. The monoisotopic (exact) mass is 454 g/mol. The minimum Gasteiger partial charge on any atom is -0.351 e. The smallest absolute Gasteiger partial charge is 0.252 e. The van der Waals surface area contributed by atoms with E-state index < -0.39 is 0 Å². The summed E-state index contributed by atoms with van der Waals surface area (Å²) in [5.41, 5.74) is 4.47. The molecule has 31 heavy (non-hydrogen) atoms. The van der Waals surface area contributed by atoms with Gasteiger partial charge in [-0.2, -0.15) is 0 Å². The van der Waals surface area contributed by atoms with Crippen LogP contribution in [0, 0.1) is 13.8 Å². The fourth-order valence-corrected chi connectivity index (χ4v) is 5.89. The zero-order chi connectivity index (χ0) is 21.8. The van der Waals surface area contributed by atoms with Crippen LogP contribution in [0.1, 0.15) is 28.4 Å². The van der Waals surface area contributed by atoms with Gasteiger partial charge in [-0.1, -0.05) is 36.5 Å². The van der Waals surface area contributed by atoms with Gasteiger partial charge in [0.05, 0.1) is 15.8 Å². The number of hydrogen-bond donors (Lipinski definition) is 1. The lowest BCUT2D eigenvalue weighted by molar-refractivity contribution is 0.0945. The first-order valence-corrected chi connectivity index (χ1v) is 12.7. The van der Waals surface area contributed by atoms with Crippen molar-refractivity contribution in [2.24, 2.45) is 0 Å². The third-order valence-electron chi connectivity index (χ3n) is 5.60. The number of benzene rings is 2. The molecule has 1 aromatic heterocycles. The van der Waals surface area contributed by atoms with Crippen LogP contribution in [0.25, 0.3) is 10.2 Å². The number of aromatic nitrogens is 1. The molecule has 1 N–H and O–H groups in total. The molecule has 1 amide bonds. The lowest BCUT2D eigenvalue weighted by atomic mass is 10.1. The first-order chi connectivity index (χ1) is 15.0. The SMILES string of the molecule is CCSc1ccccc1C(=O)NCCN1CCN(c2nc3cc(C)cc(C)c3s2)CC1. The number of amides is 1. The van der Waals surface area contributed by atoms with Gasteiger partial charge in [-0.05, 0) is 48.9 Å². The number of thiazole rings is 1. The summed E-state index contributed by atoms with van der Waals surface area (Å²) in [6.07, 6.45) is 0. The molecule has 1 aliphatic rings. The summed E-state index contributed by atoms with van der Waals surface area (Å²) in [4.78, 5) is 23.4. The normalized spacial score (nSPS) is 14.9. The van der Waals surface area contributed by atoms with Gasteiger partial charge in [0.2, 0.25) is 0 Å². The second kappa shape index (κ2) is 10.0. The molecule has 0 bridgehead atoms. The fraction of sp³-hybridized carbons (Fsp3) is 0.417. The molecule has 164 valence electrons. The van der Waals surface area contributed by atoms with E-state index in [4.69, 9.17) is 4.98 Å². The molecule has 0 unspecified atom stereocenters. The van der Waals surface area contributed by atoms with Gasteiger partial charge in [0, 0.05) is 44.2 Å². The zero-order valence-electron chi connectivity index (χ0n) is 18.5. The van der Waals surface area contributed by atoms with Crippen LogP contribution in [-0.2, 0) is 0 Å². The Labute approximate surface area is 192 Å². The van der Waals surface area contributed by atoms with Crippen LogP contribution in [-0.4, -0.2) is 60.8 Å². The molecular weight excluding hydrogens is 424 g/mol. The van der Waals surface area contributed by atoms with E-state index in [-0.39, 0.29) is 5.91 Å². The van der Waals surface area contributed by atoms with E-state index in [0.29, 0.717) is 6.54 Å². The molecule has 0 atom stereocenters. The summed E-state index contributed by atoms with van der Waals surface area (Å²) in [7, 11) is 0. The highest BCUT2D eigenvalue weighted by Crippen LogP contribution is 2.32. The van der Waals surface area contributed by atoms with Gasteiger partial charge in [0.15, 0.2) is 5.13 Å². The van der Waals surface area contributed by atoms with Crippen molar-refractivity contribution in [2.75, 3.05) is 49.9 Å². The molecule has 1 fully saturated rings. The van der Waals surface area contributed by atoms with Crippen molar-refractivity contribution in [1.82, 2.24) is 15.2 Å². The van der Waals surface area contributed by atoms with Crippen LogP contribution < -0.4 is 10.2 Å². The van der Waals surface area contributed by atoms with Crippen molar-refractivity contribution in [1.29, 1.82) is 0 Å². The Morgan fingerprint density at radius 3 is 2.71 bits per heavy atom. The van der Waals surface area contributed by atoms with E-state index >= 15 is 0 Å². The van der Waals surface area contributed by atoms with E-state index in [2.05, 4.69) is 48.0 Å². The van der Waals surface area contributed by atoms with E-state index in [9.17, 15) is 4.79 Å². The molecule has 2 heterocycles. The minimum absolute atomic E-state index is 0.0234. The Kier molecular flexibility index (Phi) is 7.15. The number of carbonyl (C=O) groups is 1. The summed E-state index contributed by atoms with van der Waals surface area (Å²) < 4.78 is 1.30. The number of thioether (sulfide) groups is 1. The molecule has 0 aliphatic carbocycles. The summed E-state index contributed by atoms with van der Waals surface area (Å²) in [5.74, 6) is 0.984. The van der Waals surface area contributed by atoms with Crippen molar-refractivity contribution in [3.63, 3.8) is 0 Å². The van der Waals surface area contributed by atoms with Gasteiger partial charge in [-0.3, -0.25) is 9.69 Å². The number of nitrogens with zero attached hydrogens (tertiary/aromatic N) is 3. The van der Waals surface area contributed by atoms with Gasteiger partial charge in [0.1, 0.15) is 0 Å². The maximum absolute atomic E-state index is 12.6. The predicted molar refractivity (Wildman–Crippen MR) is 133 cm³/mol. The standard InChI is InChI=1S/C24H30N4OS2/c1-4-30-21-8-6-5-7-19(21)23(29)25-9-10-27-11-13-28(14-12-27)24-26-20-16-17(2)15-18(3)22(20)31-24/h5-8,15-16H,4,9-14H2,1-3H3,(H,25,29). The van der Waals surface area contributed by atoms with E-state index in [1.165, 1.54) is 15.8 Å². The average Bonchev–Trinajstić information content (AvgIpc) is 3.19.